The summed E-state index contributed by atoms with van der Waals surface area (Å²) in [5, 5.41) is 0. The second kappa shape index (κ2) is 7.43. The van der Waals surface area contributed by atoms with Gasteiger partial charge in [0.1, 0.15) is 5.76 Å². The Hall–Kier alpha value is 0.160. The smallest absolute Gasteiger partial charge is 0.183 e. The molecular weight excluding hydrogens is 384 g/mol. The van der Waals surface area contributed by atoms with E-state index in [1.54, 1.807) is 0 Å². The summed E-state index contributed by atoms with van der Waals surface area (Å²) in [6.45, 7) is 6.20. The summed E-state index contributed by atoms with van der Waals surface area (Å²) in [4.78, 5) is 2.56. The molecule has 1 heterocycles. The lowest BCUT2D eigenvalue weighted by molar-refractivity contribution is 0.107. The first-order chi connectivity index (χ1) is 9.52. The van der Waals surface area contributed by atoms with Crippen LogP contribution < -0.4 is 5.73 Å². The number of nitrogens with zero attached hydrogens (tertiary/aromatic N) is 1. The maximum absolute atomic E-state index is 6.08. The molecule has 114 valence electrons. The molecule has 1 aromatic heterocycles. The molecule has 1 atom stereocenters. The minimum atomic E-state index is 0.170. The molecule has 0 aromatic carbocycles. The first-order valence-electron chi connectivity index (χ1n) is 7.43. The van der Waals surface area contributed by atoms with Crippen LogP contribution in [-0.4, -0.2) is 24.0 Å². The molecule has 0 radical (unpaired) electrons. The molecule has 20 heavy (non-hydrogen) atoms. The van der Waals surface area contributed by atoms with Crippen molar-refractivity contribution in [3.05, 3.63) is 21.0 Å². The molecule has 3 nitrogen and oxygen atoms in total. The zero-order chi connectivity index (χ0) is 14.7. The predicted molar refractivity (Wildman–Crippen MR) is 89.7 cm³/mol. The highest BCUT2D eigenvalue weighted by atomic mass is 79.9. The van der Waals surface area contributed by atoms with Crippen molar-refractivity contribution >= 4 is 31.9 Å². The summed E-state index contributed by atoms with van der Waals surface area (Å²) in [6.07, 6.45) is 5.24. The van der Waals surface area contributed by atoms with Crippen molar-refractivity contribution in [3.63, 3.8) is 0 Å². The minimum absolute atomic E-state index is 0.170. The van der Waals surface area contributed by atoms with Gasteiger partial charge in [-0.25, -0.2) is 0 Å². The quantitative estimate of drug-likeness (QED) is 0.742. The Morgan fingerprint density at radius 1 is 1.35 bits per heavy atom. The highest BCUT2D eigenvalue weighted by molar-refractivity contribution is 9.13. The van der Waals surface area contributed by atoms with E-state index in [0.717, 1.165) is 21.4 Å². The van der Waals surface area contributed by atoms with E-state index in [0.29, 0.717) is 18.5 Å². The third kappa shape index (κ3) is 3.87. The average molecular weight is 408 g/mol. The van der Waals surface area contributed by atoms with Gasteiger partial charge in [-0.2, -0.15) is 0 Å². The van der Waals surface area contributed by atoms with Gasteiger partial charge in [0.2, 0.25) is 0 Å². The highest BCUT2D eigenvalue weighted by Gasteiger charge is 2.31. The van der Waals surface area contributed by atoms with Gasteiger partial charge in [-0.15, -0.1) is 0 Å². The Balaban J connectivity index is 2.23. The lowest BCUT2D eigenvalue weighted by Crippen LogP contribution is -2.42. The van der Waals surface area contributed by atoms with Crippen molar-refractivity contribution in [3.8, 4) is 0 Å². The number of hydrogen-bond acceptors (Lipinski definition) is 3. The van der Waals surface area contributed by atoms with E-state index >= 15 is 0 Å². The lowest BCUT2D eigenvalue weighted by atomic mass is 10.1. The van der Waals surface area contributed by atoms with Gasteiger partial charge in [0.05, 0.1) is 10.5 Å². The van der Waals surface area contributed by atoms with Crippen LogP contribution in [-0.2, 0) is 0 Å². The topological polar surface area (TPSA) is 42.4 Å². The lowest BCUT2D eigenvalue weighted by Gasteiger charge is -2.36. The summed E-state index contributed by atoms with van der Waals surface area (Å²) in [5.74, 6) is 1.59. The minimum Gasteiger partial charge on any atom is -0.451 e. The SMILES string of the molecule is CC(C)CN(C1CCCC1)C(CN)c1cc(Br)c(Br)o1. The molecular formula is C15H24Br2N2O. The molecule has 1 fully saturated rings. The Morgan fingerprint density at radius 3 is 2.45 bits per heavy atom. The second-order valence-electron chi connectivity index (χ2n) is 6.05. The van der Waals surface area contributed by atoms with Crippen LogP contribution in [0.5, 0.6) is 0 Å². The molecule has 2 N–H and O–H groups in total. The van der Waals surface area contributed by atoms with Crippen LogP contribution in [0.2, 0.25) is 0 Å². The van der Waals surface area contributed by atoms with Crippen LogP contribution >= 0.6 is 31.9 Å². The zero-order valence-corrected chi connectivity index (χ0v) is 15.4. The van der Waals surface area contributed by atoms with Gasteiger partial charge < -0.3 is 10.2 Å². The van der Waals surface area contributed by atoms with Gasteiger partial charge in [-0.1, -0.05) is 26.7 Å². The molecule has 0 saturated heterocycles. The normalized spacial score (nSPS) is 18.4. The van der Waals surface area contributed by atoms with E-state index in [-0.39, 0.29) is 6.04 Å². The van der Waals surface area contributed by atoms with Crippen LogP contribution in [0.3, 0.4) is 0 Å². The molecule has 0 spiro atoms. The van der Waals surface area contributed by atoms with E-state index in [4.69, 9.17) is 10.2 Å². The molecule has 2 rings (SSSR count). The fourth-order valence-corrected chi connectivity index (χ4v) is 3.74. The van der Waals surface area contributed by atoms with Crippen molar-refractivity contribution < 1.29 is 4.42 Å². The van der Waals surface area contributed by atoms with Gasteiger partial charge in [-0.05, 0) is 56.7 Å². The van der Waals surface area contributed by atoms with Crippen LogP contribution in [0.1, 0.15) is 51.3 Å². The first kappa shape index (κ1) is 16.5. The molecule has 1 saturated carbocycles. The number of rotatable bonds is 6. The predicted octanol–water partition coefficient (Wildman–Crippen LogP) is 4.71. The zero-order valence-electron chi connectivity index (χ0n) is 12.2. The van der Waals surface area contributed by atoms with Crippen LogP contribution in [0, 0.1) is 5.92 Å². The fraction of sp³-hybridized carbons (Fsp3) is 0.733. The summed E-state index contributed by atoms with van der Waals surface area (Å²) in [7, 11) is 0. The molecule has 0 bridgehead atoms. The number of halogens is 2. The van der Waals surface area contributed by atoms with Gasteiger partial charge >= 0.3 is 0 Å². The van der Waals surface area contributed by atoms with Crippen molar-refractivity contribution in [1.29, 1.82) is 0 Å². The van der Waals surface area contributed by atoms with Crippen LogP contribution in [0.25, 0.3) is 0 Å². The van der Waals surface area contributed by atoms with Gasteiger partial charge in [0.25, 0.3) is 0 Å². The number of hydrogen-bond donors (Lipinski definition) is 1. The molecule has 1 aliphatic carbocycles. The number of nitrogens with two attached hydrogens (primary N) is 1. The summed E-state index contributed by atoms with van der Waals surface area (Å²) in [6, 6.07) is 2.86. The molecule has 0 aliphatic heterocycles. The molecule has 1 unspecified atom stereocenters. The van der Waals surface area contributed by atoms with Gasteiger partial charge in [-0.3, -0.25) is 4.90 Å². The van der Waals surface area contributed by atoms with Gasteiger partial charge in [0.15, 0.2) is 4.67 Å². The molecule has 1 aromatic rings. The van der Waals surface area contributed by atoms with E-state index in [9.17, 15) is 0 Å². The second-order valence-corrected chi connectivity index (χ2v) is 7.63. The largest absolute Gasteiger partial charge is 0.451 e. The summed E-state index contributed by atoms with van der Waals surface area (Å²) in [5.41, 5.74) is 6.08. The van der Waals surface area contributed by atoms with E-state index in [1.807, 2.05) is 6.07 Å². The Morgan fingerprint density at radius 2 is 2.00 bits per heavy atom. The van der Waals surface area contributed by atoms with Crippen molar-refractivity contribution in [2.45, 2.75) is 51.6 Å². The highest BCUT2D eigenvalue weighted by Crippen LogP contribution is 2.35. The third-order valence-electron chi connectivity index (χ3n) is 3.99. The Kier molecular flexibility index (Phi) is 6.14. The third-order valence-corrected chi connectivity index (χ3v) is 5.70. The Labute approximate surface area is 138 Å². The van der Waals surface area contributed by atoms with Crippen molar-refractivity contribution in [1.82, 2.24) is 4.90 Å². The van der Waals surface area contributed by atoms with E-state index in [1.165, 1.54) is 25.7 Å². The van der Waals surface area contributed by atoms with E-state index in [2.05, 4.69) is 50.6 Å². The maximum atomic E-state index is 6.08. The monoisotopic (exact) mass is 406 g/mol. The maximum Gasteiger partial charge on any atom is 0.183 e. The van der Waals surface area contributed by atoms with Gasteiger partial charge in [0, 0.05) is 19.1 Å². The van der Waals surface area contributed by atoms with Crippen LogP contribution in [0.15, 0.2) is 19.6 Å². The van der Waals surface area contributed by atoms with Crippen LogP contribution in [0.4, 0.5) is 0 Å². The van der Waals surface area contributed by atoms with E-state index < -0.39 is 0 Å². The summed E-state index contributed by atoms with van der Waals surface area (Å²) < 4.78 is 7.55. The van der Waals surface area contributed by atoms with Crippen molar-refractivity contribution in [2.24, 2.45) is 11.7 Å². The number of furan rings is 1. The average Bonchev–Trinajstić information content (AvgIpc) is 3.00. The standard InChI is InChI=1S/C15H24Br2N2O/c1-10(2)9-19(11-5-3-4-6-11)13(8-18)14-7-12(16)15(17)20-14/h7,10-11,13H,3-6,8-9,18H2,1-2H3. The fourth-order valence-electron chi connectivity index (χ4n) is 3.13. The van der Waals surface area contributed by atoms with Crippen molar-refractivity contribution in [2.75, 3.05) is 13.1 Å². The Bertz CT molecular complexity index is 408. The molecule has 5 heteroatoms. The first-order valence-corrected chi connectivity index (χ1v) is 9.02. The molecule has 1 aliphatic rings. The summed E-state index contributed by atoms with van der Waals surface area (Å²) >= 11 is 6.92. The molecule has 0 amide bonds.